The van der Waals surface area contributed by atoms with Crippen molar-refractivity contribution in [2.75, 3.05) is 11.9 Å². The molecule has 0 saturated carbocycles. The van der Waals surface area contributed by atoms with Gasteiger partial charge < -0.3 is 19.2 Å². The fourth-order valence-corrected chi connectivity index (χ4v) is 4.45. The first-order chi connectivity index (χ1) is 16.4. The highest BCUT2D eigenvalue weighted by Gasteiger charge is 2.16. The second kappa shape index (κ2) is 10.0. The number of nitrogens with one attached hydrogen (secondary N) is 1. The second-order valence-electron chi connectivity index (χ2n) is 7.81. The molecule has 0 fully saturated rings. The van der Waals surface area contributed by atoms with Gasteiger partial charge >= 0.3 is 11.1 Å². The van der Waals surface area contributed by atoms with Crippen molar-refractivity contribution in [3.63, 3.8) is 0 Å². The van der Waals surface area contributed by atoms with Crippen LogP contribution in [0.2, 0.25) is 0 Å². The normalized spacial score (nSPS) is 10.9. The third kappa shape index (κ3) is 4.77. The summed E-state index contributed by atoms with van der Waals surface area (Å²) in [6.07, 6.45) is 0.903. The van der Waals surface area contributed by atoms with Crippen LogP contribution in [0.25, 0.3) is 11.0 Å². The Hall–Kier alpha value is -3.78. The lowest BCUT2D eigenvalue weighted by Crippen LogP contribution is -2.39. The summed E-state index contributed by atoms with van der Waals surface area (Å²) in [6.45, 7) is 2.65. The van der Waals surface area contributed by atoms with E-state index in [4.69, 9.17) is 4.74 Å². The van der Waals surface area contributed by atoms with Crippen molar-refractivity contribution in [2.24, 2.45) is 14.1 Å². The number of carbonyl (C=O) groups is 1. The number of hydrogen-bond acceptors (Lipinski definition) is 5. The van der Waals surface area contributed by atoms with Gasteiger partial charge in [0.2, 0.25) is 0 Å². The minimum absolute atomic E-state index is 0.286. The molecule has 0 aliphatic rings. The van der Waals surface area contributed by atoms with E-state index in [-0.39, 0.29) is 5.91 Å². The van der Waals surface area contributed by atoms with Crippen molar-refractivity contribution < 1.29 is 9.53 Å². The fourth-order valence-electron chi connectivity index (χ4n) is 3.52. The molecule has 0 atom stereocenters. The highest BCUT2D eigenvalue weighted by molar-refractivity contribution is 7.99. The number of hydrogen-bond donors (Lipinski definition) is 1. The van der Waals surface area contributed by atoms with E-state index in [1.165, 1.54) is 20.9 Å². The Bertz CT molecular complexity index is 1460. The molecule has 3 aromatic carbocycles. The summed E-state index contributed by atoms with van der Waals surface area (Å²) >= 11 is 1.46. The Balaban J connectivity index is 1.76. The molecule has 0 bridgehead atoms. The number of amides is 1. The molecule has 8 heteroatoms. The average Bonchev–Trinajstić information content (AvgIpc) is 2.86. The molecule has 1 amide bonds. The van der Waals surface area contributed by atoms with E-state index in [1.54, 1.807) is 44.4 Å². The van der Waals surface area contributed by atoms with E-state index in [0.717, 1.165) is 16.2 Å². The maximum absolute atomic E-state index is 13.1. The highest BCUT2D eigenvalue weighted by Crippen LogP contribution is 2.36. The lowest BCUT2D eigenvalue weighted by atomic mass is 10.2. The zero-order chi connectivity index (χ0) is 24.2. The Kier molecular flexibility index (Phi) is 6.88. The molecule has 0 spiro atoms. The van der Waals surface area contributed by atoms with Gasteiger partial charge in [-0.05, 0) is 55.0 Å². The number of ether oxygens (including phenoxy) is 1. The van der Waals surface area contributed by atoms with Crippen LogP contribution in [0.4, 0.5) is 5.69 Å². The molecule has 1 aromatic heterocycles. The van der Waals surface area contributed by atoms with Crippen LogP contribution in [-0.4, -0.2) is 21.6 Å². The number of aryl methyl sites for hydroxylation is 2. The summed E-state index contributed by atoms with van der Waals surface area (Å²) < 4.78 is 8.24. The Morgan fingerprint density at radius 1 is 0.912 bits per heavy atom. The van der Waals surface area contributed by atoms with Gasteiger partial charge in [0.15, 0.2) is 0 Å². The smallest absolute Gasteiger partial charge is 0.316 e. The molecule has 174 valence electrons. The van der Waals surface area contributed by atoms with Crippen LogP contribution in [0.3, 0.4) is 0 Å². The minimum Gasteiger partial charge on any atom is -0.494 e. The van der Waals surface area contributed by atoms with Crippen molar-refractivity contribution in [3.8, 4) is 5.75 Å². The summed E-state index contributed by atoms with van der Waals surface area (Å²) in [6, 6.07) is 20.3. The largest absolute Gasteiger partial charge is 0.494 e. The third-order valence-electron chi connectivity index (χ3n) is 5.40. The first-order valence-corrected chi connectivity index (χ1v) is 11.7. The van der Waals surface area contributed by atoms with Gasteiger partial charge in [0, 0.05) is 29.4 Å². The zero-order valence-electron chi connectivity index (χ0n) is 19.2. The van der Waals surface area contributed by atoms with Crippen LogP contribution in [0, 0.1) is 0 Å². The third-order valence-corrected chi connectivity index (χ3v) is 6.47. The molecule has 4 aromatic rings. The van der Waals surface area contributed by atoms with Crippen molar-refractivity contribution in [1.82, 2.24) is 9.13 Å². The Morgan fingerprint density at radius 2 is 1.53 bits per heavy atom. The molecule has 1 heterocycles. The lowest BCUT2D eigenvalue weighted by Gasteiger charge is -2.16. The standard InChI is InChI=1S/C26H25N3O4S/c1-4-14-33-18-12-10-17(11-13-18)24(30)27-20-15-21-22(29(3)26(32)25(31)28(21)2)16-23(20)34-19-8-6-5-7-9-19/h5-13,15-16H,4,14H2,1-3H3,(H,27,30). The molecule has 7 nitrogen and oxygen atoms in total. The zero-order valence-corrected chi connectivity index (χ0v) is 20.0. The quantitative estimate of drug-likeness (QED) is 0.400. The molecule has 0 radical (unpaired) electrons. The molecule has 34 heavy (non-hydrogen) atoms. The predicted molar refractivity (Wildman–Crippen MR) is 135 cm³/mol. The van der Waals surface area contributed by atoms with E-state index < -0.39 is 11.1 Å². The highest BCUT2D eigenvalue weighted by atomic mass is 32.2. The number of benzene rings is 3. The minimum atomic E-state index is -0.626. The maximum Gasteiger partial charge on any atom is 0.316 e. The number of fused-ring (bicyclic) bond motifs is 1. The van der Waals surface area contributed by atoms with Gasteiger partial charge in [-0.25, -0.2) is 0 Å². The maximum atomic E-state index is 13.1. The first kappa shape index (κ1) is 23.4. The molecular formula is C26H25N3O4S. The van der Waals surface area contributed by atoms with Gasteiger partial charge in [0.25, 0.3) is 5.91 Å². The second-order valence-corrected chi connectivity index (χ2v) is 8.92. The van der Waals surface area contributed by atoms with Crippen LogP contribution >= 0.6 is 11.8 Å². The lowest BCUT2D eigenvalue weighted by molar-refractivity contribution is 0.102. The van der Waals surface area contributed by atoms with Crippen LogP contribution < -0.4 is 21.2 Å². The van der Waals surface area contributed by atoms with Gasteiger partial charge in [-0.15, -0.1) is 0 Å². The van der Waals surface area contributed by atoms with Crippen LogP contribution in [0.15, 0.2) is 86.1 Å². The van der Waals surface area contributed by atoms with Crippen molar-refractivity contribution in [3.05, 3.63) is 93.0 Å². The molecule has 0 saturated heterocycles. The van der Waals surface area contributed by atoms with E-state index in [0.29, 0.717) is 34.6 Å². The topological polar surface area (TPSA) is 82.3 Å². The van der Waals surface area contributed by atoms with Gasteiger partial charge in [-0.1, -0.05) is 36.9 Å². The van der Waals surface area contributed by atoms with Gasteiger partial charge in [0.1, 0.15) is 5.75 Å². The molecule has 0 aliphatic heterocycles. The van der Waals surface area contributed by atoms with Crippen LogP contribution in [-0.2, 0) is 14.1 Å². The van der Waals surface area contributed by atoms with Crippen molar-refractivity contribution >= 4 is 34.4 Å². The summed E-state index contributed by atoms with van der Waals surface area (Å²) in [5.41, 5.74) is 0.940. The molecule has 4 rings (SSSR count). The van der Waals surface area contributed by atoms with Gasteiger partial charge in [-0.3, -0.25) is 14.4 Å². The van der Waals surface area contributed by atoms with E-state index in [2.05, 4.69) is 5.32 Å². The van der Waals surface area contributed by atoms with Gasteiger partial charge in [-0.2, -0.15) is 0 Å². The summed E-state index contributed by atoms with van der Waals surface area (Å²) in [5.74, 6) is 0.423. The predicted octanol–water partition coefficient (Wildman–Crippen LogP) is 4.43. The number of rotatable bonds is 7. The monoisotopic (exact) mass is 475 g/mol. The van der Waals surface area contributed by atoms with Crippen LogP contribution in [0.5, 0.6) is 5.75 Å². The molecule has 0 aliphatic carbocycles. The summed E-state index contributed by atoms with van der Waals surface area (Å²) in [5, 5.41) is 2.98. The Labute approximate surface area is 201 Å². The molecule has 0 unspecified atom stereocenters. The van der Waals surface area contributed by atoms with Gasteiger partial charge in [0.05, 0.1) is 23.3 Å². The van der Waals surface area contributed by atoms with E-state index in [9.17, 15) is 14.4 Å². The van der Waals surface area contributed by atoms with Crippen LogP contribution in [0.1, 0.15) is 23.7 Å². The average molecular weight is 476 g/mol. The van der Waals surface area contributed by atoms with Crippen molar-refractivity contribution in [2.45, 2.75) is 23.1 Å². The Morgan fingerprint density at radius 3 is 2.15 bits per heavy atom. The van der Waals surface area contributed by atoms with Crippen molar-refractivity contribution in [1.29, 1.82) is 0 Å². The number of nitrogens with zero attached hydrogens (tertiary/aromatic N) is 2. The first-order valence-electron chi connectivity index (χ1n) is 10.9. The number of aromatic nitrogens is 2. The number of carbonyl (C=O) groups excluding carboxylic acids is 1. The summed E-state index contributed by atoms with van der Waals surface area (Å²) in [7, 11) is 3.13. The molecule has 1 N–H and O–H groups in total. The number of anilines is 1. The fraction of sp³-hybridized carbons (Fsp3) is 0.192. The van der Waals surface area contributed by atoms with E-state index in [1.807, 2.05) is 43.3 Å². The molecular weight excluding hydrogens is 450 g/mol. The summed E-state index contributed by atoms with van der Waals surface area (Å²) in [4.78, 5) is 39.5. The van der Waals surface area contributed by atoms with E-state index >= 15 is 0 Å². The SMILES string of the molecule is CCCOc1ccc(C(=O)Nc2cc3c(cc2Sc2ccccc2)n(C)c(=O)c(=O)n3C)cc1.